The van der Waals surface area contributed by atoms with Gasteiger partial charge in [0, 0.05) is 24.0 Å². The van der Waals surface area contributed by atoms with E-state index < -0.39 is 17.8 Å². The maximum absolute atomic E-state index is 14.0. The Bertz CT molecular complexity index is 550. The van der Waals surface area contributed by atoms with Gasteiger partial charge in [-0.2, -0.15) is 0 Å². The van der Waals surface area contributed by atoms with Crippen molar-refractivity contribution in [2.75, 3.05) is 20.2 Å². The minimum atomic E-state index is -1.29. The van der Waals surface area contributed by atoms with Crippen LogP contribution in [0.1, 0.15) is 12.0 Å². The number of aliphatic carboxylic acids is 1. The van der Waals surface area contributed by atoms with E-state index in [-0.39, 0.29) is 18.9 Å². The fraction of sp³-hybridized carbons (Fsp3) is 0.429. The largest absolute Gasteiger partial charge is 0.550 e. The molecule has 1 fully saturated rings. The Morgan fingerprint density at radius 3 is 2.95 bits per heavy atom. The highest BCUT2D eigenvalue weighted by Gasteiger charge is 2.33. The van der Waals surface area contributed by atoms with Gasteiger partial charge in [0.1, 0.15) is 18.1 Å². The van der Waals surface area contributed by atoms with Gasteiger partial charge in [0.25, 0.3) is 5.91 Å². The lowest BCUT2D eigenvalue weighted by Gasteiger charge is -2.32. The van der Waals surface area contributed by atoms with Crippen molar-refractivity contribution >= 4 is 11.9 Å². The molecule has 0 bridgehead atoms. The number of hydrogen-bond donors (Lipinski definition) is 2. The van der Waals surface area contributed by atoms with Gasteiger partial charge in [-0.3, -0.25) is 4.79 Å². The third-order valence-corrected chi connectivity index (χ3v) is 3.60. The van der Waals surface area contributed by atoms with Crippen LogP contribution >= 0.6 is 0 Å². The minimum absolute atomic E-state index is 0.237. The number of amides is 1. The van der Waals surface area contributed by atoms with E-state index in [1.165, 1.54) is 13.2 Å². The van der Waals surface area contributed by atoms with E-state index in [4.69, 9.17) is 4.74 Å². The fourth-order valence-electron chi connectivity index (χ4n) is 2.49. The average molecular weight is 296 g/mol. The summed E-state index contributed by atoms with van der Waals surface area (Å²) in [7, 11) is 1.45. The van der Waals surface area contributed by atoms with Crippen LogP contribution in [0.3, 0.4) is 0 Å². The molecular weight excluding hydrogens is 279 g/mol. The van der Waals surface area contributed by atoms with Gasteiger partial charge in [-0.05, 0) is 12.1 Å². The molecule has 2 atom stereocenters. The molecule has 7 heteroatoms. The van der Waals surface area contributed by atoms with Gasteiger partial charge in [-0.15, -0.1) is 0 Å². The SMILES string of the molecule is COc1ccc(C[NH+]2CCNC(=O)[C@H]2CC(=O)[O-])c(F)c1. The summed E-state index contributed by atoms with van der Waals surface area (Å²) < 4.78 is 18.9. The van der Waals surface area contributed by atoms with Crippen molar-refractivity contribution in [3.05, 3.63) is 29.6 Å². The van der Waals surface area contributed by atoms with E-state index in [9.17, 15) is 19.1 Å². The molecule has 0 aromatic heterocycles. The Hall–Kier alpha value is -2.15. The summed E-state index contributed by atoms with van der Waals surface area (Å²) in [6, 6.07) is 3.73. The zero-order chi connectivity index (χ0) is 15.4. The van der Waals surface area contributed by atoms with Crippen LogP contribution in [0, 0.1) is 5.82 Å². The highest BCUT2D eigenvalue weighted by Crippen LogP contribution is 2.15. The summed E-state index contributed by atoms with van der Waals surface area (Å²) in [6.45, 7) is 1.21. The summed E-state index contributed by atoms with van der Waals surface area (Å²) in [5.74, 6) is -1.65. The van der Waals surface area contributed by atoms with Crippen LogP contribution in [0.15, 0.2) is 18.2 Å². The molecule has 1 aromatic rings. The topological polar surface area (TPSA) is 82.9 Å². The quantitative estimate of drug-likeness (QED) is 0.649. The molecule has 1 aliphatic rings. The number of rotatable bonds is 5. The van der Waals surface area contributed by atoms with Gasteiger partial charge in [0.05, 0.1) is 20.2 Å². The highest BCUT2D eigenvalue weighted by atomic mass is 19.1. The highest BCUT2D eigenvalue weighted by molar-refractivity contribution is 5.84. The Morgan fingerprint density at radius 2 is 2.33 bits per heavy atom. The number of carbonyl (C=O) groups excluding carboxylic acids is 2. The Labute approximate surface area is 121 Å². The molecule has 114 valence electrons. The van der Waals surface area contributed by atoms with E-state index >= 15 is 0 Å². The van der Waals surface area contributed by atoms with Gasteiger partial charge >= 0.3 is 0 Å². The monoisotopic (exact) mass is 296 g/mol. The van der Waals surface area contributed by atoms with Crippen LogP contribution < -0.4 is 20.1 Å². The first kappa shape index (κ1) is 15.2. The standard InChI is InChI=1S/C14H17FN2O4/c1-21-10-3-2-9(11(15)6-10)8-17-5-4-16-14(20)12(17)7-13(18)19/h2-3,6,12H,4-5,7-8H2,1H3,(H,16,20)(H,18,19)/t12-/m1/s1. The van der Waals surface area contributed by atoms with Crippen molar-refractivity contribution in [2.24, 2.45) is 0 Å². The zero-order valence-electron chi connectivity index (χ0n) is 11.6. The van der Waals surface area contributed by atoms with Crippen molar-refractivity contribution in [2.45, 2.75) is 19.0 Å². The lowest BCUT2D eigenvalue weighted by molar-refractivity contribution is -0.931. The van der Waals surface area contributed by atoms with Crippen LogP contribution in [0.4, 0.5) is 4.39 Å². The number of piperazine rings is 1. The zero-order valence-corrected chi connectivity index (χ0v) is 11.6. The van der Waals surface area contributed by atoms with E-state index in [1.54, 1.807) is 12.1 Å². The average Bonchev–Trinajstić information content (AvgIpc) is 2.44. The molecule has 0 saturated carbocycles. The number of methoxy groups -OCH3 is 1. The van der Waals surface area contributed by atoms with E-state index in [0.29, 0.717) is 29.3 Å². The Kier molecular flexibility index (Phi) is 4.74. The summed E-state index contributed by atoms with van der Waals surface area (Å²) >= 11 is 0. The molecule has 0 spiro atoms. The molecular formula is C14H17FN2O4. The predicted octanol–water partition coefficient (Wildman–Crippen LogP) is -2.14. The molecule has 0 aliphatic carbocycles. The first-order valence-corrected chi connectivity index (χ1v) is 6.66. The number of carboxylic acid groups (broad SMARTS) is 1. The third-order valence-electron chi connectivity index (χ3n) is 3.60. The van der Waals surface area contributed by atoms with Gasteiger partial charge in [-0.25, -0.2) is 4.39 Å². The van der Waals surface area contributed by atoms with Crippen molar-refractivity contribution < 1.29 is 28.7 Å². The number of carboxylic acids is 1. The third kappa shape index (κ3) is 3.69. The lowest BCUT2D eigenvalue weighted by atomic mass is 10.1. The second kappa shape index (κ2) is 6.53. The maximum atomic E-state index is 14.0. The molecule has 21 heavy (non-hydrogen) atoms. The number of halogens is 1. The van der Waals surface area contributed by atoms with Crippen LogP contribution in [-0.2, 0) is 16.1 Å². The van der Waals surface area contributed by atoms with Gasteiger partial charge in [-0.1, -0.05) is 0 Å². The second-order valence-corrected chi connectivity index (χ2v) is 4.96. The number of carbonyl (C=O) groups is 2. The molecule has 6 nitrogen and oxygen atoms in total. The summed E-state index contributed by atoms with van der Waals surface area (Å²) in [5, 5.41) is 13.4. The minimum Gasteiger partial charge on any atom is -0.550 e. The Morgan fingerprint density at radius 1 is 1.57 bits per heavy atom. The predicted molar refractivity (Wildman–Crippen MR) is 68.9 cm³/mol. The molecule has 1 aliphatic heterocycles. The van der Waals surface area contributed by atoms with Gasteiger partial charge < -0.3 is 24.9 Å². The van der Waals surface area contributed by atoms with Crippen LogP contribution in [0.2, 0.25) is 0 Å². The molecule has 2 rings (SSSR count). The number of quaternary nitrogens is 1. The fourth-order valence-corrected chi connectivity index (χ4v) is 2.49. The lowest BCUT2D eigenvalue weighted by Crippen LogP contribution is -3.18. The molecule has 1 aromatic carbocycles. The van der Waals surface area contributed by atoms with E-state index in [2.05, 4.69) is 5.32 Å². The maximum Gasteiger partial charge on any atom is 0.278 e. The second-order valence-electron chi connectivity index (χ2n) is 4.96. The van der Waals surface area contributed by atoms with Crippen LogP contribution in [-0.4, -0.2) is 38.1 Å². The molecule has 1 amide bonds. The summed E-state index contributed by atoms with van der Waals surface area (Å²) in [4.78, 5) is 23.3. The van der Waals surface area contributed by atoms with Crippen molar-refractivity contribution in [3.63, 3.8) is 0 Å². The number of ether oxygens (including phenoxy) is 1. The van der Waals surface area contributed by atoms with Crippen LogP contribution in [0.25, 0.3) is 0 Å². The summed E-state index contributed by atoms with van der Waals surface area (Å²) in [5.41, 5.74) is 0.420. The van der Waals surface area contributed by atoms with Gasteiger partial charge in [0.2, 0.25) is 0 Å². The normalized spacial score (nSPS) is 21.7. The first-order chi connectivity index (χ1) is 10.0. The molecule has 0 radical (unpaired) electrons. The van der Waals surface area contributed by atoms with Gasteiger partial charge in [0.15, 0.2) is 6.04 Å². The van der Waals surface area contributed by atoms with Crippen molar-refractivity contribution in [1.82, 2.24) is 5.32 Å². The van der Waals surface area contributed by atoms with E-state index in [0.717, 1.165) is 0 Å². The van der Waals surface area contributed by atoms with E-state index in [1.807, 2.05) is 0 Å². The number of nitrogens with one attached hydrogen (secondary N) is 2. The Balaban J connectivity index is 2.15. The summed E-state index contributed by atoms with van der Waals surface area (Å²) in [6.07, 6.45) is -0.376. The number of benzene rings is 1. The molecule has 1 heterocycles. The van der Waals surface area contributed by atoms with Crippen molar-refractivity contribution in [3.8, 4) is 5.75 Å². The smallest absolute Gasteiger partial charge is 0.278 e. The number of hydrogen-bond acceptors (Lipinski definition) is 4. The van der Waals surface area contributed by atoms with Crippen LogP contribution in [0.5, 0.6) is 5.75 Å². The molecule has 1 saturated heterocycles. The molecule has 1 unspecified atom stereocenters. The first-order valence-electron chi connectivity index (χ1n) is 6.66. The van der Waals surface area contributed by atoms with Crippen molar-refractivity contribution in [1.29, 1.82) is 0 Å². The molecule has 2 N–H and O–H groups in total.